The zero-order valence-corrected chi connectivity index (χ0v) is 10.3. The van der Waals surface area contributed by atoms with Gasteiger partial charge in [0, 0.05) is 5.56 Å². The standard InChI is InChI=1S/C12H17ClO2/c1-7(2)9-5-10(8(3)14)12(15-4)11(13)6-9/h5-8,14H,1-4H3. The van der Waals surface area contributed by atoms with Crippen molar-refractivity contribution in [2.24, 2.45) is 0 Å². The summed E-state index contributed by atoms with van der Waals surface area (Å²) in [6, 6.07) is 3.83. The molecule has 84 valence electrons. The van der Waals surface area contributed by atoms with Crippen LogP contribution in [-0.2, 0) is 0 Å². The van der Waals surface area contributed by atoms with Crippen LogP contribution in [0.15, 0.2) is 12.1 Å². The van der Waals surface area contributed by atoms with Crippen molar-refractivity contribution in [3.8, 4) is 5.75 Å². The maximum absolute atomic E-state index is 9.63. The molecule has 0 aliphatic rings. The van der Waals surface area contributed by atoms with Crippen molar-refractivity contribution < 1.29 is 9.84 Å². The van der Waals surface area contributed by atoms with Crippen LogP contribution < -0.4 is 4.74 Å². The van der Waals surface area contributed by atoms with Gasteiger partial charge >= 0.3 is 0 Å². The molecule has 1 aromatic carbocycles. The second-order valence-corrected chi connectivity index (χ2v) is 4.36. The lowest BCUT2D eigenvalue weighted by Gasteiger charge is -2.16. The number of hydrogen-bond donors (Lipinski definition) is 1. The van der Waals surface area contributed by atoms with E-state index >= 15 is 0 Å². The van der Waals surface area contributed by atoms with Crippen molar-refractivity contribution >= 4 is 11.6 Å². The molecule has 0 amide bonds. The molecule has 0 heterocycles. The maximum Gasteiger partial charge on any atom is 0.143 e. The number of benzene rings is 1. The highest BCUT2D eigenvalue weighted by atomic mass is 35.5. The number of hydrogen-bond acceptors (Lipinski definition) is 2. The van der Waals surface area contributed by atoms with Crippen LogP contribution in [0.25, 0.3) is 0 Å². The van der Waals surface area contributed by atoms with Gasteiger partial charge in [-0.3, -0.25) is 0 Å². The highest BCUT2D eigenvalue weighted by Crippen LogP contribution is 2.35. The van der Waals surface area contributed by atoms with Gasteiger partial charge in [-0.2, -0.15) is 0 Å². The molecule has 0 aliphatic heterocycles. The van der Waals surface area contributed by atoms with E-state index in [2.05, 4.69) is 13.8 Å². The molecule has 1 rings (SSSR count). The molecule has 1 atom stereocenters. The first kappa shape index (κ1) is 12.3. The van der Waals surface area contributed by atoms with Crippen LogP contribution >= 0.6 is 11.6 Å². The number of aliphatic hydroxyl groups is 1. The van der Waals surface area contributed by atoms with Gasteiger partial charge in [-0.15, -0.1) is 0 Å². The molecule has 1 aromatic rings. The normalized spacial score (nSPS) is 13.0. The minimum Gasteiger partial charge on any atom is -0.495 e. The van der Waals surface area contributed by atoms with Crippen LogP contribution in [0, 0.1) is 0 Å². The summed E-state index contributed by atoms with van der Waals surface area (Å²) in [5.74, 6) is 0.946. The zero-order chi connectivity index (χ0) is 11.6. The Hall–Kier alpha value is -0.730. The Morgan fingerprint density at radius 1 is 1.27 bits per heavy atom. The molecule has 0 aromatic heterocycles. The van der Waals surface area contributed by atoms with E-state index in [1.165, 1.54) is 0 Å². The molecule has 0 spiro atoms. The third-order valence-electron chi connectivity index (χ3n) is 2.42. The lowest BCUT2D eigenvalue weighted by molar-refractivity contribution is 0.194. The quantitative estimate of drug-likeness (QED) is 0.858. The summed E-state index contributed by atoms with van der Waals surface area (Å²) in [5, 5.41) is 10.2. The first-order valence-electron chi connectivity index (χ1n) is 5.02. The lowest BCUT2D eigenvalue weighted by Crippen LogP contribution is -2.00. The van der Waals surface area contributed by atoms with Gasteiger partial charge in [-0.1, -0.05) is 25.4 Å². The molecule has 1 N–H and O–H groups in total. The predicted octanol–water partition coefficient (Wildman–Crippen LogP) is 3.53. The highest BCUT2D eigenvalue weighted by molar-refractivity contribution is 6.32. The zero-order valence-electron chi connectivity index (χ0n) is 9.54. The second kappa shape index (κ2) is 4.86. The Morgan fingerprint density at radius 2 is 1.87 bits per heavy atom. The van der Waals surface area contributed by atoms with E-state index in [0.717, 1.165) is 11.1 Å². The molecule has 0 saturated heterocycles. The summed E-state index contributed by atoms with van der Waals surface area (Å²) in [7, 11) is 1.56. The summed E-state index contributed by atoms with van der Waals surface area (Å²) in [5.41, 5.74) is 1.85. The fourth-order valence-corrected chi connectivity index (χ4v) is 1.81. The van der Waals surface area contributed by atoms with E-state index in [9.17, 15) is 5.11 Å². The molecular weight excluding hydrogens is 212 g/mol. The summed E-state index contributed by atoms with van der Waals surface area (Å²) in [4.78, 5) is 0. The van der Waals surface area contributed by atoms with Gasteiger partial charge in [-0.05, 0) is 30.5 Å². The van der Waals surface area contributed by atoms with E-state index in [1.807, 2.05) is 12.1 Å². The van der Waals surface area contributed by atoms with Gasteiger partial charge in [-0.25, -0.2) is 0 Å². The van der Waals surface area contributed by atoms with E-state index in [4.69, 9.17) is 16.3 Å². The van der Waals surface area contributed by atoms with Crippen molar-refractivity contribution in [1.82, 2.24) is 0 Å². The van der Waals surface area contributed by atoms with E-state index < -0.39 is 6.10 Å². The number of ether oxygens (including phenoxy) is 1. The minimum atomic E-state index is -0.573. The van der Waals surface area contributed by atoms with Gasteiger partial charge in [0.2, 0.25) is 0 Å². The lowest BCUT2D eigenvalue weighted by atomic mass is 9.98. The van der Waals surface area contributed by atoms with Crippen molar-refractivity contribution in [2.75, 3.05) is 7.11 Å². The van der Waals surface area contributed by atoms with Crippen molar-refractivity contribution in [3.05, 3.63) is 28.3 Å². The summed E-state index contributed by atoms with van der Waals surface area (Å²) < 4.78 is 5.18. The molecule has 3 heteroatoms. The van der Waals surface area contributed by atoms with Crippen LogP contribution in [0.3, 0.4) is 0 Å². The molecule has 0 radical (unpaired) electrons. The fourth-order valence-electron chi connectivity index (χ4n) is 1.50. The number of methoxy groups -OCH3 is 1. The average Bonchev–Trinajstić information content (AvgIpc) is 2.16. The number of aliphatic hydroxyl groups excluding tert-OH is 1. The Morgan fingerprint density at radius 3 is 2.27 bits per heavy atom. The average molecular weight is 229 g/mol. The van der Waals surface area contributed by atoms with E-state index in [1.54, 1.807) is 14.0 Å². The van der Waals surface area contributed by atoms with Gasteiger partial charge in [0.05, 0.1) is 18.2 Å². The first-order valence-corrected chi connectivity index (χ1v) is 5.40. The Labute approximate surface area is 95.8 Å². The van der Waals surface area contributed by atoms with E-state index in [-0.39, 0.29) is 0 Å². The summed E-state index contributed by atoms with van der Waals surface area (Å²) in [6.07, 6.45) is -0.573. The van der Waals surface area contributed by atoms with Crippen molar-refractivity contribution in [2.45, 2.75) is 32.8 Å². The molecule has 2 nitrogen and oxygen atoms in total. The maximum atomic E-state index is 9.63. The molecule has 0 fully saturated rings. The van der Waals surface area contributed by atoms with Gasteiger partial charge in [0.15, 0.2) is 0 Å². The minimum absolute atomic E-state index is 0.380. The van der Waals surface area contributed by atoms with E-state index in [0.29, 0.717) is 16.7 Å². The van der Waals surface area contributed by atoms with Gasteiger partial charge in [0.1, 0.15) is 5.75 Å². The van der Waals surface area contributed by atoms with Gasteiger partial charge in [0.25, 0.3) is 0 Å². The monoisotopic (exact) mass is 228 g/mol. The molecule has 0 aliphatic carbocycles. The molecule has 0 saturated carbocycles. The summed E-state index contributed by atoms with van der Waals surface area (Å²) >= 11 is 6.09. The van der Waals surface area contributed by atoms with Crippen LogP contribution in [0.1, 0.15) is 43.9 Å². The molecule has 1 unspecified atom stereocenters. The van der Waals surface area contributed by atoms with Crippen LogP contribution in [0.4, 0.5) is 0 Å². The van der Waals surface area contributed by atoms with Crippen LogP contribution in [0.2, 0.25) is 5.02 Å². The predicted molar refractivity (Wildman–Crippen MR) is 62.7 cm³/mol. The SMILES string of the molecule is COc1c(Cl)cc(C(C)C)cc1C(C)O. The topological polar surface area (TPSA) is 29.5 Å². The van der Waals surface area contributed by atoms with Crippen LogP contribution in [-0.4, -0.2) is 12.2 Å². The fraction of sp³-hybridized carbons (Fsp3) is 0.500. The Balaban J connectivity index is 3.32. The number of rotatable bonds is 3. The van der Waals surface area contributed by atoms with Gasteiger partial charge < -0.3 is 9.84 Å². The highest BCUT2D eigenvalue weighted by Gasteiger charge is 2.15. The molecule has 15 heavy (non-hydrogen) atoms. The van der Waals surface area contributed by atoms with Crippen LogP contribution in [0.5, 0.6) is 5.75 Å². The largest absolute Gasteiger partial charge is 0.495 e. The molecular formula is C12H17ClO2. The number of halogens is 1. The van der Waals surface area contributed by atoms with Crippen molar-refractivity contribution in [3.63, 3.8) is 0 Å². The Bertz CT molecular complexity index is 346. The Kier molecular flexibility index (Phi) is 4.00. The molecule has 0 bridgehead atoms. The second-order valence-electron chi connectivity index (χ2n) is 3.96. The first-order chi connectivity index (χ1) is 6.97. The third-order valence-corrected chi connectivity index (χ3v) is 2.70. The smallest absolute Gasteiger partial charge is 0.143 e. The van der Waals surface area contributed by atoms with Crippen molar-refractivity contribution in [1.29, 1.82) is 0 Å². The summed E-state index contributed by atoms with van der Waals surface area (Å²) in [6.45, 7) is 5.88. The third kappa shape index (κ3) is 2.64.